The third-order valence-electron chi connectivity index (χ3n) is 3.60. The minimum atomic E-state index is 0. The third-order valence-corrected chi connectivity index (χ3v) is 3.60. The summed E-state index contributed by atoms with van der Waals surface area (Å²) in [7, 11) is 2.00. The SMILES string of the molecule is CC(=O)c1ccc(C(C)NCCn2cc[n+](C)c2)c(N)c1.[Cl-]. The summed E-state index contributed by atoms with van der Waals surface area (Å²) in [6.45, 7) is 5.38. The van der Waals surface area contributed by atoms with E-state index in [0.717, 1.165) is 18.7 Å². The Kier molecular flexibility index (Phi) is 6.59. The van der Waals surface area contributed by atoms with Crippen LogP contribution < -0.4 is 28.0 Å². The van der Waals surface area contributed by atoms with E-state index in [2.05, 4.69) is 16.8 Å². The lowest BCUT2D eigenvalue weighted by Gasteiger charge is -2.16. The van der Waals surface area contributed by atoms with Gasteiger partial charge in [-0.3, -0.25) is 4.79 Å². The van der Waals surface area contributed by atoms with Gasteiger partial charge in [-0.15, -0.1) is 0 Å². The Morgan fingerprint density at radius 2 is 2.18 bits per heavy atom. The van der Waals surface area contributed by atoms with Crippen LogP contribution in [0, 0.1) is 0 Å². The Morgan fingerprint density at radius 1 is 1.45 bits per heavy atom. The zero-order valence-corrected chi connectivity index (χ0v) is 14.0. The van der Waals surface area contributed by atoms with E-state index in [4.69, 9.17) is 5.73 Å². The summed E-state index contributed by atoms with van der Waals surface area (Å²) in [5.41, 5.74) is 8.39. The van der Waals surface area contributed by atoms with Crippen molar-refractivity contribution in [2.45, 2.75) is 26.4 Å². The first-order valence-electron chi connectivity index (χ1n) is 7.12. The van der Waals surface area contributed by atoms with E-state index in [0.29, 0.717) is 11.3 Å². The Morgan fingerprint density at radius 3 is 2.73 bits per heavy atom. The lowest BCUT2D eigenvalue weighted by atomic mass is 10.0. The predicted octanol–water partition coefficient (Wildman–Crippen LogP) is -1.55. The molecule has 0 spiro atoms. The van der Waals surface area contributed by atoms with Crippen LogP contribution in [0.15, 0.2) is 36.9 Å². The zero-order valence-electron chi connectivity index (χ0n) is 13.2. The molecule has 0 amide bonds. The van der Waals surface area contributed by atoms with Gasteiger partial charge in [-0.05, 0) is 25.5 Å². The summed E-state index contributed by atoms with van der Waals surface area (Å²) in [5, 5.41) is 3.45. The van der Waals surface area contributed by atoms with Crippen LogP contribution >= 0.6 is 0 Å². The summed E-state index contributed by atoms with van der Waals surface area (Å²) in [6.07, 6.45) is 6.10. The van der Waals surface area contributed by atoms with Crippen LogP contribution in [0.4, 0.5) is 5.69 Å². The normalized spacial score (nSPS) is 11.8. The standard InChI is InChI=1S/C16H23N4O.ClH/c1-12(18-6-7-20-9-8-19(3)11-20)15-5-4-14(13(2)21)10-16(15)17;/h4-5,8-12,18H,6-7,17H2,1-3H3;1H/q+1;/p-1. The summed E-state index contributed by atoms with van der Waals surface area (Å²) in [4.78, 5) is 11.3. The van der Waals surface area contributed by atoms with Gasteiger partial charge in [0.1, 0.15) is 18.9 Å². The number of carbonyl (C=O) groups excluding carboxylic acids is 1. The number of carbonyl (C=O) groups is 1. The predicted molar refractivity (Wildman–Crippen MR) is 82.9 cm³/mol. The van der Waals surface area contributed by atoms with E-state index < -0.39 is 0 Å². The number of benzene rings is 1. The lowest BCUT2D eigenvalue weighted by molar-refractivity contribution is -0.671. The molecule has 0 aliphatic rings. The smallest absolute Gasteiger partial charge is 0.243 e. The number of halogens is 1. The molecule has 0 saturated carbocycles. The molecule has 0 bridgehead atoms. The van der Waals surface area contributed by atoms with E-state index in [-0.39, 0.29) is 24.2 Å². The number of hydrogen-bond donors (Lipinski definition) is 2. The fraction of sp³-hybridized carbons (Fsp3) is 0.375. The number of ketones is 1. The molecule has 1 unspecified atom stereocenters. The number of aromatic nitrogens is 2. The van der Waals surface area contributed by atoms with Crippen molar-refractivity contribution in [2.24, 2.45) is 7.05 Å². The van der Waals surface area contributed by atoms with Gasteiger partial charge < -0.3 is 23.5 Å². The average molecular weight is 323 g/mol. The van der Waals surface area contributed by atoms with Crippen LogP contribution in [-0.2, 0) is 13.6 Å². The van der Waals surface area contributed by atoms with E-state index in [1.54, 1.807) is 13.0 Å². The van der Waals surface area contributed by atoms with Gasteiger partial charge in [0.15, 0.2) is 5.78 Å². The lowest BCUT2D eigenvalue weighted by Crippen LogP contribution is -3.00. The Labute approximate surface area is 137 Å². The van der Waals surface area contributed by atoms with Crippen molar-refractivity contribution in [1.29, 1.82) is 0 Å². The number of aryl methyl sites for hydroxylation is 1. The van der Waals surface area contributed by atoms with Gasteiger partial charge in [-0.25, -0.2) is 9.13 Å². The van der Waals surface area contributed by atoms with Gasteiger partial charge in [-0.2, -0.15) is 0 Å². The maximum Gasteiger partial charge on any atom is 0.243 e. The van der Waals surface area contributed by atoms with Crippen LogP contribution in [0.5, 0.6) is 0 Å². The van der Waals surface area contributed by atoms with Crippen molar-refractivity contribution >= 4 is 11.5 Å². The van der Waals surface area contributed by atoms with Crippen LogP contribution in [-0.4, -0.2) is 16.9 Å². The zero-order chi connectivity index (χ0) is 15.4. The summed E-state index contributed by atoms with van der Waals surface area (Å²) >= 11 is 0. The number of nitrogens with one attached hydrogen (secondary N) is 1. The topological polar surface area (TPSA) is 63.9 Å². The first kappa shape index (κ1) is 18.2. The van der Waals surface area contributed by atoms with Crippen molar-refractivity contribution in [2.75, 3.05) is 12.3 Å². The summed E-state index contributed by atoms with van der Waals surface area (Å²) in [6, 6.07) is 5.66. The molecular weight excluding hydrogens is 300 g/mol. The molecule has 0 radical (unpaired) electrons. The quantitative estimate of drug-likeness (QED) is 0.385. The number of rotatable bonds is 6. The largest absolute Gasteiger partial charge is 1.00 e. The molecule has 1 aromatic heterocycles. The number of nitrogens with two attached hydrogens (primary N) is 1. The van der Waals surface area contributed by atoms with E-state index in [9.17, 15) is 4.79 Å². The molecule has 0 saturated heterocycles. The number of imidazole rings is 1. The first-order chi connectivity index (χ1) is 9.97. The van der Waals surface area contributed by atoms with Gasteiger partial charge in [0.2, 0.25) is 6.33 Å². The third kappa shape index (κ3) is 4.58. The van der Waals surface area contributed by atoms with Gasteiger partial charge in [0.05, 0.1) is 7.05 Å². The van der Waals surface area contributed by atoms with Crippen LogP contribution in [0.3, 0.4) is 0 Å². The Balaban J connectivity index is 0.00000242. The minimum absolute atomic E-state index is 0. The van der Waals surface area contributed by atoms with Crippen molar-refractivity contribution in [3.8, 4) is 0 Å². The number of anilines is 1. The van der Waals surface area contributed by atoms with E-state index in [1.165, 1.54) is 0 Å². The van der Waals surface area contributed by atoms with Crippen molar-refractivity contribution < 1.29 is 21.8 Å². The fourth-order valence-corrected chi connectivity index (χ4v) is 2.34. The Hall–Kier alpha value is -1.85. The highest BCUT2D eigenvalue weighted by molar-refractivity contribution is 5.95. The van der Waals surface area contributed by atoms with Crippen LogP contribution in [0.2, 0.25) is 0 Å². The van der Waals surface area contributed by atoms with Crippen LogP contribution in [0.25, 0.3) is 0 Å². The number of nitrogen functional groups attached to an aromatic ring is 1. The van der Waals surface area contributed by atoms with Crippen molar-refractivity contribution in [1.82, 2.24) is 9.88 Å². The molecule has 3 N–H and O–H groups in total. The highest BCUT2D eigenvalue weighted by Gasteiger charge is 2.11. The number of Topliss-reactive ketones (excluding diaryl/α,β-unsaturated/α-hetero) is 1. The number of nitrogens with zero attached hydrogens (tertiary/aromatic N) is 2. The van der Waals surface area contributed by atoms with E-state index >= 15 is 0 Å². The summed E-state index contributed by atoms with van der Waals surface area (Å²) < 4.78 is 4.14. The highest BCUT2D eigenvalue weighted by atomic mass is 35.5. The first-order valence-corrected chi connectivity index (χ1v) is 7.12. The molecule has 0 aliphatic carbocycles. The molecule has 2 aromatic rings. The molecular formula is C16H23ClN4O. The molecule has 1 aromatic carbocycles. The second kappa shape index (κ2) is 7.96. The highest BCUT2D eigenvalue weighted by Crippen LogP contribution is 2.21. The molecule has 0 aliphatic heterocycles. The molecule has 120 valence electrons. The molecule has 0 fully saturated rings. The molecule has 6 heteroatoms. The fourth-order valence-electron chi connectivity index (χ4n) is 2.34. The van der Waals surface area contributed by atoms with Gasteiger partial charge in [0, 0.05) is 23.8 Å². The maximum absolute atomic E-state index is 11.3. The van der Waals surface area contributed by atoms with Crippen LogP contribution in [0.1, 0.15) is 35.8 Å². The molecule has 2 rings (SSSR count). The number of hydrogen-bond acceptors (Lipinski definition) is 3. The average Bonchev–Trinajstić information content (AvgIpc) is 2.84. The van der Waals surface area contributed by atoms with Gasteiger partial charge in [-0.1, -0.05) is 12.1 Å². The second-order valence-electron chi connectivity index (χ2n) is 5.39. The summed E-state index contributed by atoms with van der Waals surface area (Å²) in [5.74, 6) is 0.0364. The molecule has 1 atom stereocenters. The molecule has 5 nitrogen and oxygen atoms in total. The van der Waals surface area contributed by atoms with Crippen molar-refractivity contribution in [3.05, 3.63) is 48.0 Å². The maximum atomic E-state index is 11.3. The second-order valence-corrected chi connectivity index (χ2v) is 5.39. The van der Waals surface area contributed by atoms with Gasteiger partial charge >= 0.3 is 0 Å². The molecule has 22 heavy (non-hydrogen) atoms. The van der Waals surface area contributed by atoms with Crippen molar-refractivity contribution in [3.63, 3.8) is 0 Å². The minimum Gasteiger partial charge on any atom is -1.00 e. The van der Waals surface area contributed by atoms with Gasteiger partial charge in [0.25, 0.3) is 0 Å². The monoisotopic (exact) mass is 322 g/mol. The van der Waals surface area contributed by atoms with E-state index in [1.807, 2.05) is 42.5 Å². The molecule has 1 heterocycles. The Bertz CT molecular complexity index is 639.